The molecule has 0 amide bonds. The average Bonchev–Trinajstić information content (AvgIpc) is 2.97. The minimum Gasteiger partial charge on any atom is -0.374 e. The summed E-state index contributed by atoms with van der Waals surface area (Å²) in [6.45, 7) is 6.36. The number of hydrogen-bond acceptors (Lipinski definition) is 5. The molecule has 22 heavy (non-hydrogen) atoms. The number of hydrogen-bond donors (Lipinski definition) is 1. The zero-order chi connectivity index (χ0) is 15.4. The molecule has 1 unspecified atom stereocenters. The van der Waals surface area contributed by atoms with E-state index in [2.05, 4.69) is 53.6 Å². The van der Waals surface area contributed by atoms with E-state index in [0.717, 1.165) is 43.3 Å². The number of nitrogens with zero attached hydrogens (tertiary/aromatic N) is 2. The van der Waals surface area contributed by atoms with Gasteiger partial charge in [-0.15, -0.1) is 0 Å². The first-order chi connectivity index (χ1) is 10.7. The van der Waals surface area contributed by atoms with Gasteiger partial charge in [-0.1, -0.05) is 35.0 Å². The third-order valence-electron chi connectivity index (χ3n) is 3.92. The van der Waals surface area contributed by atoms with Crippen molar-refractivity contribution < 1.29 is 9.26 Å². The molecule has 0 aliphatic carbocycles. The first kappa shape index (κ1) is 15.2. The van der Waals surface area contributed by atoms with Crippen molar-refractivity contribution in [3.05, 3.63) is 41.7 Å². The van der Waals surface area contributed by atoms with Gasteiger partial charge in [-0.2, -0.15) is 0 Å². The predicted octanol–water partition coefficient (Wildman–Crippen LogP) is 2.07. The smallest absolute Gasteiger partial charge is 0.151 e. The fourth-order valence-electron chi connectivity index (χ4n) is 2.60. The van der Waals surface area contributed by atoms with Gasteiger partial charge < -0.3 is 19.5 Å². The van der Waals surface area contributed by atoms with E-state index in [1.165, 1.54) is 5.56 Å². The molecule has 0 spiro atoms. The number of morpholine rings is 1. The van der Waals surface area contributed by atoms with Crippen LogP contribution in [-0.2, 0) is 11.3 Å². The molecule has 3 rings (SSSR count). The largest absolute Gasteiger partial charge is 0.374 e. The van der Waals surface area contributed by atoms with Crippen molar-refractivity contribution in [2.45, 2.75) is 19.6 Å². The van der Waals surface area contributed by atoms with Gasteiger partial charge in [0.15, 0.2) is 5.76 Å². The molecule has 118 valence electrons. The van der Waals surface area contributed by atoms with E-state index in [-0.39, 0.29) is 6.10 Å². The molecule has 1 atom stereocenters. The lowest BCUT2D eigenvalue weighted by atomic mass is 10.1. The van der Waals surface area contributed by atoms with Crippen molar-refractivity contribution >= 4 is 0 Å². The van der Waals surface area contributed by atoms with Gasteiger partial charge >= 0.3 is 0 Å². The van der Waals surface area contributed by atoms with Crippen LogP contribution >= 0.6 is 0 Å². The van der Waals surface area contributed by atoms with E-state index in [9.17, 15) is 0 Å². The zero-order valence-electron chi connectivity index (χ0n) is 13.2. The number of rotatable bonds is 5. The normalized spacial score (nSPS) is 19.5. The molecule has 1 aromatic carbocycles. The minimum absolute atomic E-state index is 0.248. The van der Waals surface area contributed by atoms with E-state index < -0.39 is 0 Å². The van der Waals surface area contributed by atoms with E-state index >= 15 is 0 Å². The molecular weight excluding hydrogens is 278 g/mol. The van der Waals surface area contributed by atoms with E-state index in [4.69, 9.17) is 9.26 Å². The van der Waals surface area contributed by atoms with Crippen molar-refractivity contribution in [3.8, 4) is 11.3 Å². The summed E-state index contributed by atoms with van der Waals surface area (Å²) in [5, 5.41) is 7.52. The molecule has 1 aromatic heterocycles. The fourth-order valence-corrected chi connectivity index (χ4v) is 2.60. The molecule has 5 nitrogen and oxygen atoms in total. The Morgan fingerprint density at radius 2 is 2.14 bits per heavy atom. The standard InChI is InChI=1S/C17H23N3O2/c1-13-3-5-14(6-4-13)17-9-15(22-19-17)10-18-11-16-12-20(2)7-8-21-16/h3-6,9,16,18H,7-8,10-12H2,1-2H3. The van der Waals surface area contributed by atoms with Crippen molar-refractivity contribution in [2.24, 2.45) is 0 Å². The van der Waals surface area contributed by atoms with E-state index in [0.29, 0.717) is 6.54 Å². The van der Waals surface area contributed by atoms with Crippen molar-refractivity contribution in [2.75, 3.05) is 33.3 Å². The van der Waals surface area contributed by atoms with Gasteiger partial charge in [0.2, 0.25) is 0 Å². The number of nitrogens with one attached hydrogen (secondary N) is 1. The predicted molar refractivity (Wildman–Crippen MR) is 85.6 cm³/mol. The van der Waals surface area contributed by atoms with Gasteiger partial charge in [0.1, 0.15) is 5.69 Å². The molecule has 0 radical (unpaired) electrons. The maximum absolute atomic E-state index is 5.72. The lowest BCUT2D eigenvalue weighted by Gasteiger charge is -2.30. The summed E-state index contributed by atoms with van der Waals surface area (Å²) in [5.74, 6) is 0.847. The summed E-state index contributed by atoms with van der Waals surface area (Å²) < 4.78 is 11.1. The molecule has 1 saturated heterocycles. The van der Waals surface area contributed by atoms with Crippen LogP contribution in [0, 0.1) is 6.92 Å². The zero-order valence-corrected chi connectivity index (χ0v) is 13.2. The highest BCUT2D eigenvalue weighted by Gasteiger charge is 2.17. The van der Waals surface area contributed by atoms with Gasteiger partial charge in [0, 0.05) is 31.3 Å². The van der Waals surface area contributed by atoms with Crippen LogP contribution in [0.25, 0.3) is 11.3 Å². The average molecular weight is 301 g/mol. The second kappa shape index (κ2) is 7.05. The third kappa shape index (κ3) is 3.94. The Hall–Kier alpha value is -1.69. The monoisotopic (exact) mass is 301 g/mol. The number of aromatic nitrogens is 1. The van der Waals surface area contributed by atoms with Crippen molar-refractivity contribution in [1.29, 1.82) is 0 Å². The first-order valence-corrected chi connectivity index (χ1v) is 7.74. The lowest BCUT2D eigenvalue weighted by molar-refractivity contribution is -0.0184. The minimum atomic E-state index is 0.248. The molecule has 1 fully saturated rings. The van der Waals surface area contributed by atoms with Gasteiger partial charge in [-0.25, -0.2) is 0 Å². The van der Waals surface area contributed by atoms with E-state index in [1.807, 2.05) is 6.07 Å². The lowest BCUT2D eigenvalue weighted by Crippen LogP contribution is -2.44. The number of ether oxygens (including phenoxy) is 1. The highest BCUT2D eigenvalue weighted by molar-refractivity contribution is 5.59. The topological polar surface area (TPSA) is 50.5 Å². The van der Waals surface area contributed by atoms with Gasteiger partial charge in [0.05, 0.1) is 19.3 Å². The molecule has 0 saturated carbocycles. The Kier molecular flexibility index (Phi) is 4.87. The SMILES string of the molecule is Cc1ccc(-c2cc(CNCC3CN(C)CCO3)on2)cc1. The molecule has 2 aromatic rings. The Morgan fingerprint density at radius 3 is 2.91 bits per heavy atom. The molecule has 5 heteroatoms. The highest BCUT2D eigenvalue weighted by atomic mass is 16.5. The summed E-state index contributed by atoms with van der Waals surface area (Å²) in [6, 6.07) is 10.3. The summed E-state index contributed by atoms with van der Waals surface area (Å²) in [4.78, 5) is 2.29. The Balaban J connectivity index is 1.50. The Morgan fingerprint density at radius 1 is 1.32 bits per heavy atom. The van der Waals surface area contributed by atoms with Gasteiger partial charge in [-0.05, 0) is 14.0 Å². The maximum atomic E-state index is 5.72. The quantitative estimate of drug-likeness (QED) is 0.916. The third-order valence-corrected chi connectivity index (χ3v) is 3.92. The van der Waals surface area contributed by atoms with Crippen LogP contribution in [0.1, 0.15) is 11.3 Å². The van der Waals surface area contributed by atoms with Crippen molar-refractivity contribution in [3.63, 3.8) is 0 Å². The number of benzene rings is 1. The number of likely N-dealkylation sites (N-methyl/N-ethyl adjacent to an activating group) is 1. The van der Waals surface area contributed by atoms with Crippen LogP contribution in [0.4, 0.5) is 0 Å². The summed E-state index contributed by atoms with van der Waals surface area (Å²) in [5.41, 5.74) is 3.20. The van der Waals surface area contributed by atoms with Gasteiger partial charge in [-0.3, -0.25) is 0 Å². The van der Waals surface area contributed by atoms with Gasteiger partial charge in [0.25, 0.3) is 0 Å². The molecular formula is C17H23N3O2. The molecule has 1 aliphatic rings. The summed E-state index contributed by atoms with van der Waals surface area (Å²) in [6.07, 6.45) is 0.248. The first-order valence-electron chi connectivity index (χ1n) is 7.74. The van der Waals surface area contributed by atoms with Crippen LogP contribution in [0.15, 0.2) is 34.9 Å². The highest BCUT2D eigenvalue weighted by Crippen LogP contribution is 2.19. The molecule has 1 N–H and O–H groups in total. The number of aryl methyl sites for hydroxylation is 1. The van der Waals surface area contributed by atoms with Crippen LogP contribution in [0.5, 0.6) is 0 Å². The van der Waals surface area contributed by atoms with Crippen LogP contribution < -0.4 is 5.32 Å². The van der Waals surface area contributed by atoms with E-state index in [1.54, 1.807) is 0 Å². The molecule has 1 aliphatic heterocycles. The molecule has 0 bridgehead atoms. The van der Waals surface area contributed by atoms with Crippen LogP contribution in [0.2, 0.25) is 0 Å². The Labute approximate surface area is 131 Å². The van der Waals surface area contributed by atoms with Crippen LogP contribution in [-0.4, -0.2) is 49.4 Å². The summed E-state index contributed by atoms with van der Waals surface area (Å²) >= 11 is 0. The summed E-state index contributed by atoms with van der Waals surface area (Å²) in [7, 11) is 2.12. The Bertz CT molecular complexity index is 594. The molecule has 2 heterocycles. The van der Waals surface area contributed by atoms with Crippen LogP contribution in [0.3, 0.4) is 0 Å². The second-order valence-electron chi connectivity index (χ2n) is 5.93. The van der Waals surface area contributed by atoms with Crippen molar-refractivity contribution in [1.82, 2.24) is 15.4 Å². The second-order valence-corrected chi connectivity index (χ2v) is 5.93. The maximum Gasteiger partial charge on any atom is 0.151 e. The fraction of sp³-hybridized carbons (Fsp3) is 0.471.